The number of nitrogens with one attached hydrogen (secondary N) is 1. The van der Waals surface area contributed by atoms with Crippen molar-refractivity contribution in [2.45, 2.75) is 56.4 Å². The highest BCUT2D eigenvalue weighted by Gasteiger charge is 2.54. The van der Waals surface area contributed by atoms with E-state index in [1.807, 2.05) is 24.3 Å². The quantitative estimate of drug-likeness (QED) is 0.499. The number of rotatable bonds is 9. The number of piperazine rings is 1. The van der Waals surface area contributed by atoms with Crippen LogP contribution >= 0.6 is 0 Å². The molecule has 39 heavy (non-hydrogen) atoms. The van der Waals surface area contributed by atoms with Gasteiger partial charge < -0.3 is 29.3 Å². The molecule has 0 aromatic heterocycles. The maximum Gasteiger partial charge on any atom is 0.251 e. The number of benzene rings is 1. The molecule has 0 radical (unpaired) electrons. The number of amides is 2. The third-order valence-electron chi connectivity index (χ3n) is 8.88. The fourth-order valence-electron chi connectivity index (χ4n) is 6.57. The molecule has 1 aliphatic carbocycles. The van der Waals surface area contributed by atoms with Crippen LogP contribution in [0.5, 0.6) is 0 Å². The number of hydrogen-bond donors (Lipinski definition) is 1. The Morgan fingerprint density at radius 1 is 1.05 bits per heavy atom. The Bertz CT molecular complexity index is 1010. The minimum atomic E-state index is -0.678. The van der Waals surface area contributed by atoms with Crippen molar-refractivity contribution in [1.29, 1.82) is 0 Å². The Balaban J connectivity index is 1.26. The van der Waals surface area contributed by atoms with Crippen molar-refractivity contribution in [2.75, 3.05) is 71.6 Å². The summed E-state index contributed by atoms with van der Waals surface area (Å²) in [5, 5.41) is 3.08. The maximum absolute atomic E-state index is 13.9. The van der Waals surface area contributed by atoms with Crippen molar-refractivity contribution in [2.24, 2.45) is 5.92 Å². The summed E-state index contributed by atoms with van der Waals surface area (Å²) in [6.07, 6.45) is 4.18. The van der Waals surface area contributed by atoms with Gasteiger partial charge in [-0.2, -0.15) is 0 Å². The van der Waals surface area contributed by atoms with Crippen molar-refractivity contribution in [3.8, 4) is 0 Å². The number of hydrogen-bond acceptors (Lipinski definition) is 8. The molecule has 3 aliphatic heterocycles. The molecule has 2 amide bonds. The number of ether oxygens (including phenoxy) is 3. The number of nitrogens with zero attached hydrogens (tertiary/aromatic N) is 3. The smallest absolute Gasteiger partial charge is 0.251 e. The third-order valence-corrected chi connectivity index (χ3v) is 8.88. The van der Waals surface area contributed by atoms with Crippen molar-refractivity contribution >= 4 is 23.3 Å². The van der Waals surface area contributed by atoms with Crippen LogP contribution in [0, 0.1) is 5.92 Å². The van der Waals surface area contributed by atoms with E-state index in [2.05, 4.69) is 15.1 Å². The van der Waals surface area contributed by atoms with E-state index in [0.29, 0.717) is 12.1 Å². The van der Waals surface area contributed by atoms with Crippen LogP contribution < -0.4 is 10.2 Å². The van der Waals surface area contributed by atoms with Gasteiger partial charge in [0.15, 0.2) is 5.78 Å². The van der Waals surface area contributed by atoms with Gasteiger partial charge in [0.1, 0.15) is 30.9 Å². The standard InChI is InChI=1S/C29H42N4O6/c1-37-17-16-31-12-14-32(15-13-31)22-10-8-21(9-11-22)28(35)30-25(20-6-4-3-5-7-20)29(36)33-18-24(38-2)27-26(33)23(34)19-39-27/h8-11,20,24-27H,3-7,12-19H2,1-2H3,(H,30,35)/t24-,25-,26+,27+/m0/s1. The zero-order chi connectivity index (χ0) is 27.4. The fraction of sp³-hybridized carbons (Fsp3) is 0.690. The second-order valence-electron chi connectivity index (χ2n) is 11.2. The van der Waals surface area contributed by atoms with Crippen molar-refractivity contribution < 1.29 is 28.6 Å². The SMILES string of the molecule is COCCN1CCN(c2ccc(C(=O)N[C@H](C(=O)N3C[C@H](OC)[C@H]4OCC(=O)[C@H]43)C3CCCCC3)cc2)CC1. The van der Waals surface area contributed by atoms with Gasteiger partial charge in [0, 0.05) is 58.2 Å². The third kappa shape index (κ3) is 6.14. The predicted octanol–water partition coefficient (Wildman–Crippen LogP) is 1.33. The first-order chi connectivity index (χ1) is 19.0. The number of anilines is 1. The topological polar surface area (TPSA) is 101 Å². The zero-order valence-electron chi connectivity index (χ0n) is 23.2. The lowest BCUT2D eigenvalue weighted by Gasteiger charge is -2.36. The highest BCUT2D eigenvalue weighted by Crippen LogP contribution is 2.33. The monoisotopic (exact) mass is 542 g/mol. The summed E-state index contributed by atoms with van der Waals surface area (Å²) in [5.41, 5.74) is 1.62. The van der Waals surface area contributed by atoms with Gasteiger partial charge >= 0.3 is 0 Å². The van der Waals surface area contributed by atoms with E-state index >= 15 is 0 Å². The van der Waals surface area contributed by atoms with E-state index in [1.165, 1.54) is 0 Å². The van der Waals surface area contributed by atoms with E-state index in [1.54, 1.807) is 19.1 Å². The van der Waals surface area contributed by atoms with E-state index in [9.17, 15) is 14.4 Å². The van der Waals surface area contributed by atoms with Gasteiger partial charge in [-0.1, -0.05) is 19.3 Å². The van der Waals surface area contributed by atoms with Crippen LogP contribution in [0.15, 0.2) is 24.3 Å². The van der Waals surface area contributed by atoms with Gasteiger partial charge in [-0.25, -0.2) is 0 Å². The minimum absolute atomic E-state index is 0.00597. The van der Waals surface area contributed by atoms with Crippen LogP contribution in [0.25, 0.3) is 0 Å². The Morgan fingerprint density at radius 2 is 1.77 bits per heavy atom. The number of fused-ring (bicyclic) bond motifs is 1. The molecule has 0 bridgehead atoms. The molecule has 4 atom stereocenters. The van der Waals surface area contributed by atoms with Gasteiger partial charge in [0.05, 0.1) is 13.2 Å². The van der Waals surface area contributed by atoms with E-state index in [-0.39, 0.29) is 36.2 Å². The Hall–Kier alpha value is -2.53. The summed E-state index contributed by atoms with van der Waals surface area (Å²) in [5.74, 6) is -0.521. The highest BCUT2D eigenvalue weighted by molar-refractivity contribution is 5.99. The largest absolute Gasteiger partial charge is 0.383 e. The molecule has 4 aliphatic rings. The van der Waals surface area contributed by atoms with Gasteiger partial charge in [-0.05, 0) is 43.0 Å². The molecule has 1 aromatic carbocycles. The first-order valence-electron chi connectivity index (χ1n) is 14.3. The lowest BCUT2D eigenvalue weighted by atomic mass is 9.83. The van der Waals surface area contributed by atoms with Crippen LogP contribution in [0.4, 0.5) is 5.69 Å². The number of carbonyl (C=O) groups is 3. The summed E-state index contributed by atoms with van der Waals surface area (Å²) in [7, 11) is 3.30. The molecule has 3 saturated heterocycles. The molecule has 4 fully saturated rings. The molecular formula is C29H42N4O6. The molecule has 1 saturated carbocycles. The molecule has 1 aromatic rings. The molecule has 214 valence electrons. The van der Waals surface area contributed by atoms with Crippen LogP contribution in [-0.2, 0) is 23.8 Å². The fourth-order valence-corrected chi connectivity index (χ4v) is 6.57. The number of ketones is 1. The average Bonchev–Trinajstić information content (AvgIpc) is 3.55. The maximum atomic E-state index is 13.9. The zero-order valence-corrected chi connectivity index (χ0v) is 23.2. The summed E-state index contributed by atoms with van der Waals surface area (Å²) >= 11 is 0. The van der Waals surface area contributed by atoms with Gasteiger partial charge in [-0.3, -0.25) is 19.3 Å². The number of Topliss-reactive ketones (excluding diaryl/α,β-unsaturated/α-hetero) is 1. The molecule has 5 rings (SSSR count). The van der Waals surface area contributed by atoms with E-state index in [0.717, 1.165) is 77.1 Å². The summed E-state index contributed by atoms with van der Waals surface area (Å²) < 4.78 is 16.4. The van der Waals surface area contributed by atoms with Gasteiger partial charge in [0.2, 0.25) is 5.91 Å². The molecular weight excluding hydrogens is 500 g/mol. The normalized spacial score (nSPS) is 27.0. The van der Waals surface area contributed by atoms with Crippen LogP contribution in [0.1, 0.15) is 42.5 Å². The predicted molar refractivity (Wildman–Crippen MR) is 146 cm³/mol. The molecule has 3 heterocycles. The van der Waals surface area contributed by atoms with Crippen LogP contribution in [-0.4, -0.2) is 118 Å². The van der Waals surface area contributed by atoms with Crippen molar-refractivity contribution in [3.63, 3.8) is 0 Å². The second-order valence-corrected chi connectivity index (χ2v) is 11.2. The molecule has 0 unspecified atom stereocenters. The highest BCUT2D eigenvalue weighted by atomic mass is 16.5. The Morgan fingerprint density at radius 3 is 2.44 bits per heavy atom. The van der Waals surface area contributed by atoms with Crippen LogP contribution in [0.3, 0.4) is 0 Å². The molecule has 1 N–H and O–H groups in total. The molecule has 0 spiro atoms. The lowest BCUT2D eigenvalue weighted by Crippen LogP contribution is -2.55. The van der Waals surface area contributed by atoms with Crippen molar-refractivity contribution in [1.82, 2.24) is 15.1 Å². The van der Waals surface area contributed by atoms with Crippen molar-refractivity contribution in [3.05, 3.63) is 29.8 Å². The van der Waals surface area contributed by atoms with E-state index < -0.39 is 18.2 Å². The minimum Gasteiger partial charge on any atom is -0.383 e. The first-order valence-corrected chi connectivity index (χ1v) is 14.3. The lowest BCUT2D eigenvalue weighted by molar-refractivity contribution is -0.139. The number of methoxy groups -OCH3 is 2. The van der Waals surface area contributed by atoms with E-state index in [4.69, 9.17) is 14.2 Å². The number of carbonyl (C=O) groups excluding carboxylic acids is 3. The summed E-state index contributed by atoms with van der Waals surface area (Å²) in [6, 6.07) is 6.33. The van der Waals surface area contributed by atoms with Gasteiger partial charge in [-0.15, -0.1) is 0 Å². The molecule has 10 heteroatoms. The summed E-state index contributed by atoms with van der Waals surface area (Å²) in [4.78, 5) is 46.3. The van der Waals surface area contributed by atoms with Crippen LogP contribution in [0.2, 0.25) is 0 Å². The summed E-state index contributed by atoms with van der Waals surface area (Å²) in [6.45, 7) is 5.78. The van der Waals surface area contributed by atoms with Gasteiger partial charge in [0.25, 0.3) is 5.91 Å². The average molecular weight is 543 g/mol. The molecule has 10 nitrogen and oxygen atoms in total. The number of likely N-dealkylation sites (tertiary alicyclic amines) is 1. The second kappa shape index (κ2) is 12.8. The Kier molecular flexibility index (Phi) is 9.17. The first kappa shape index (κ1) is 28.0. The Labute approximate surface area is 230 Å².